The van der Waals surface area contributed by atoms with Gasteiger partial charge in [-0.25, -0.2) is 0 Å². The molecule has 0 fully saturated rings. The Hall–Kier alpha value is 1.04. The third-order valence-corrected chi connectivity index (χ3v) is 0. The van der Waals surface area contributed by atoms with Crippen molar-refractivity contribution in [2.75, 3.05) is 0 Å². The average molecular weight is 314 g/mol. The number of hydrogen-bond donors (Lipinski definition) is 2. The van der Waals surface area contributed by atoms with Gasteiger partial charge in [-0.1, -0.05) is 0 Å². The first kappa shape index (κ1) is 172. The molecule has 0 spiro atoms. The van der Waals surface area contributed by atoms with Gasteiger partial charge in [0.05, 0.1) is 0 Å². The Labute approximate surface area is 125 Å². The topological polar surface area (TPSA) is 358 Å². The predicted molar refractivity (Wildman–Crippen MR) is 57.8 cm³/mol. The minimum Gasteiger partial charge on any atom is -1.00 e. The zero-order valence-corrected chi connectivity index (χ0v) is 10.4. The second-order valence-electron chi connectivity index (χ2n) is 0.448. The smallest absolute Gasteiger partial charge is 1.00 e. The molecule has 0 unspecified atom stereocenters. The fraction of sp³-hybridized carbons (Fsp3) is 0. The van der Waals surface area contributed by atoms with Crippen LogP contribution in [0.2, 0.25) is 0 Å². The summed E-state index contributed by atoms with van der Waals surface area (Å²) in [7, 11) is -4.67. The second-order valence-corrected chi connectivity index (χ2v) is 1.34. The van der Waals surface area contributed by atoms with Crippen LogP contribution in [0.3, 0.4) is 0 Å². The van der Waals surface area contributed by atoms with Crippen LogP contribution in [-0.4, -0.2) is 84.2 Å². The van der Waals surface area contributed by atoms with Gasteiger partial charge in [-0.15, -0.1) is 0 Å². The molecule has 0 aliphatic carbocycles. The van der Waals surface area contributed by atoms with Gasteiger partial charge in [0.1, 0.15) is 0 Å². The third-order valence-electron chi connectivity index (χ3n) is 0. The third kappa shape index (κ3) is 2730. The molecule has 0 amide bonds. The first-order valence-electron chi connectivity index (χ1n) is 0.698. The summed E-state index contributed by atoms with van der Waals surface area (Å²) in [5.41, 5.74) is 0. The molecule has 16 heavy (non-hydrogen) atoms. The van der Waals surface area contributed by atoms with Crippen LogP contribution in [0.1, 0.15) is 1.43 Å². The van der Waals surface area contributed by atoms with Crippen molar-refractivity contribution in [2.45, 2.75) is 0 Å². The molecule has 0 aromatic rings. The second kappa shape index (κ2) is 73.2. The normalized spacial score (nSPS) is 3.62. The Kier molecular flexibility index (Phi) is 789. The van der Waals surface area contributed by atoms with E-state index in [-0.39, 0.29) is 97.6 Å². The molecule has 0 heterocycles. The van der Waals surface area contributed by atoms with Crippen molar-refractivity contribution in [1.29, 1.82) is 0 Å². The maximum Gasteiger partial charge on any atom is 1.00 e. The quantitative estimate of drug-likeness (QED) is 0.324. The molecular formula is H24AlNaO13S. The fourth-order valence-corrected chi connectivity index (χ4v) is 0. The van der Waals surface area contributed by atoms with Gasteiger partial charge in [0.2, 0.25) is 0 Å². The summed E-state index contributed by atoms with van der Waals surface area (Å²) in [5.74, 6) is 0. The Morgan fingerprint density at radius 3 is 0.625 bits per heavy atom. The minimum absolute atomic E-state index is 0. The SMILES string of the molecule is O.O.O.O.O.O.O.O.O.O=S(=O)(O)O.[AlH3].[H-].[Na+]. The Morgan fingerprint density at radius 1 is 0.625 bits per heavy atom. The van der Waals surface area contributed by atoms with Crippen LogP contribution < -0.4 is 29.6 Å². The Balaban J connectivity index is -0.00000000121. The Morgan fingerprint density at radius 2 is 0.625 bits per heavy atom. The van der Waals surface area contributed by atoms with Crippen molar-refractivity contribution in [1.82, 2.24) is 0 Å². The van der Waals surface area contributed by atoms with Crippen LogP contribution in [0.25, 0.3) is 0 Å². The van der Waals surface area contributed by atoms with Crippen molar-refractivity contribution in [2.24, 2.45) is 0 Å². The summed E-state index contributed by atoms with van der Waals surface area (Å²) in [6, 6.07) is 0. The molecule has 0 bridgehead atoms. The molecule has 13 nitrogen and oxygen atoms in total. The predicted octanol–water partition coefficient (Wildman–Crippen LogP) is -12.1. The van der Waals surface area contributed by atoms with Crippen LogP contribution in [0.15, 0.2) is 0 Å². The van der Waals surface area contributed by atoms with Crippen molar-refractivity contribution in [3.8, 4) is 0 Å². The van der Waals surface area contributed by atoms with Crippen molar-refractivity contribution >= 4 is 27.8 Å². The molecule has 0 radical (unpaired) electrons. The zero-order valence-electron chi connectivity index (χ0n) is 8.62. The van der Waals surface area contributed by atoms with Crippen molar-refractivity contribution < 1.29 is 97.8 Å². The molecule has 0 saturated heterocycles. The molecule has 16 heteroatoms. The summed E-state index contributed by atoms with van der Waals surface area (Å²) in [6.07, 6.45) is 0. The van der Waals surface area contributed by atoms with Gasteiger partial charge >= 0.3 is 40.0 Å². The van der Waals surface area contributed by atoms with E-state index in [0.717, 1.165) is 0 Å². The summed E-state index contributed by atoms with van der Waals surface area (Å²) in [6.45, 7) is 0. The fourth-order valence-electron chi connectivity index (χ4n) is 0. The van der Waals surface area contributed by atoms with Gasteiger partial charge in [0, 0.05) is 0 Å². The largest absolute Gasteiger partial charge is 1.00 e. The molecule has 0 aromatic carbocycles. The average Bonchev–Trinajstić information content (AvgIpc) is 0.722. The molecule has 112 valence electrons. The van der Waals surface area contributed by atoms with Gasteiger partial charge < -0.3 is 50.7 Å². The van der Waals surface area contributed by atoms with Crippen LogP contribution in [0, 0.1) is 0 Å². The van der Waals surface area contributed by atoms with E-state index in [4.69, 9.17) is 17.5 Å². The maximum absolute atomic E-state index is 8.74. The van der Waals surface area contributed by atoms with E-state index in [2.05, 4.69) is 0 Å². The van der Waals surface area contributed by atoms with Gasteiger partial charge in [-0.05, 0) is 0 Å². The van der Waals surface area contributed by atoms with E-state index in [1.54, 1.807) is 0 Å². The van der Waals surface area contributed by atoms with E-state index in [9.17, 15) is 0 Å². The van der Waals surface area contributed by atoms with Crippen LogP contribution in [0.5, 0.6) is 0 Å². The Bertz CT molecular complexity index is 105. The summed E-state index contributed by atoms with van der Waals surface area (Å²) < 4.78 is 31.6. The van der Waals surface area contributed by atoms with Crippen LogP contribution >= 0.6 is 0 Å². The van der Waals surface area contributed by atoms with Gasteiger partial charge in [-0.3, -0.25) is 9.11 Å². The molecule has 0 atom stereocenters. The maximum atomic E-state index is 8.74. The first-order chi connectivity index (χ1) is 2.00. The standard InChI is InChI=1S/Al.Na.H2O4S.9H2O.4H/c;;1-5(2,3)4;;;;;;;;;;;;;/h;;(H2,1,2,3,4);9*1H2;;;;/q;+1;;;;;;;;;;;;;;-1. The van der Waals surface area contributed by atoms with E-state index in [0.29, 0.717) is 0 Å². The van der Waals surface area contributed by atoms with E-state index in [1.165, 1.54) is 0 Å². The van der Waals surface area contributed by atoms with E-state index < -0.39 is 10.4 Å². The van der Waals surface area contributed by atoms with E-state index >= 15 is 0 Å². The monoisotopic (exact) mass is 314 g/mol. The zero-order chi connectivity index (χ0) is 4.50. The van der Waals surface area contributed by atoms with Crippen LogP contribution in [0.4, 0.5) is 0 Å². The number of hydrogen-bond acceptors (Lipinski definition) is 2. The first-order valence-corrected chi connectivity index (χ1v) is 2.10. The van der Waals surface area contributed by atoms with E-state index in [1.807, 2.05) is 0 Å². The molecule has 0 aliphatic rings. The van der Waals surface area contributed by atoms with Gasteiger partial charge in [-0.2, -0.15) is 8.42 Å². The van der Waals surface area contributed by atoms with Gasteiger partial charge in [0.15, 0.2) is 17.4 Å². The molecule has 0 saturated carbocycles. The van der Waals surface area contributed by atoms with Crippen LogP contribution in [-0.2, 0) is 10.4 Å². The van der Waals surface area contributed by atoms with Crippen molar-refractivity contribution in [3.05, 3.63) is 0 Å². The molecule has 0 aliphatic heterocycles. The molecule has 20 N–H and O–H groups in total. The molecule has 0 aromatic heterocycles. The number of rotatable bonds is 0. The summed E-state index contributed by atoms with van der Waals surface area (Å²) in [4.78, 5) is 0. The molecule has 0 rings (SSSR count). The summed E-state index contributed by atoms with van der Waals surface area (Å²) in [5, 5.41) is 0. The molecular weight excluding hydrogens is 290 g/mol. The summed E-state index contributed by atoms with van der Waals surface area (Å²) >= 11 is 0. The van der Waals surface area contributed by atoms with Gasteiger partial charge in [0.25, 0.3) is 0 Å². The van der Waals surface area contributed by atoms with Crippen molar-refractivity contribution in [3.63, 3.8) is 0 Å². The minimum atomic E-state index is -4.67.